The zero-order valence-electron chi connectivity index (χ0n) is 12.4. The van der Waals surface area contributed by atoms with Gasteiger partial charge >= 0.3 is 0 Å². The van der Waals surface area contributed by atoms with Crippen molar-refractivity contribution in [3.63, 3.8) is 0 Å². The molecule has 118 valence electrons. The van der Waals surface area contributed by atoms with Crippen molar-refractivity contribution in [2.75, 3.05) is 18.8 Å². The van der Waals surface area contributed by atoms with Crippen molar-refractivity contribution in [1.82, 2.24) is 9.80 Å². The summed E-state index contributed by atoms with van der Waals surface area (Å²) in [5.41, 5.74) is 1.24. The first-order valence-electron chi connectivity index (χ1n) is 7.36. The van der Waals surface area contributed by atoms with Crippen LogP contribution in [-0.2, 0) is 16.0 Å². The molecule has 2 aliphatic heterocycles. The Balaban J connectivity index is 1.54. The number of nitrogens with zero attached hydrogens (tertiary/aromatic N) is 2. The highest BCUT2D eigenvalue weighted by molar-refractivity contribution is 8.14. The molecular formula is C15H18N2O3S2. The number of hydrogen-bond donors (Lipinski definition) is 0. The van der Waals surface area contributed by atoms with Gasteiger partial charge in [-0.3, -0.25) is 19.3 Å². The van der Waals surface area contributed by atoms with Crippen LogP contribution in [0.4, 0.5) is 4.79 Å². The molecule has 0 aliphatic carbocycles. The number of likely N-dealkylation sites (tertiary alicyclic amines) is 1. The van der Waals surface area contributed by atoms with Crippen LogP contribution in [0.3, 0.4) is 0 Å². The van der Waals surface area contributed by atoms with Gasteiger partial charge < -0.3 is 4.90 Å². The van der Waals surface area contributed by atoms with E-state index in [9.17, 15) is 14.4 Å². The van der Waals surface area contributed by atoms with Gasteiger partial charge in [-0.2, -0.15) is 0 Å². The van der Waals surface area contributed by atoms with E-state index in [4.69, 9.17) is 0 Å². The quantitative estimate of drug-likeness (QED) is 0.845. The van der Waals surface area contributed by atoms with E-state index in [0.717, 1.165) is 18.2 Å². The van der Waals surface area contributed by atoms with Crippen LogP contribution in [0.1, 0.15) is 23.3 Å². The third kappa shape index (κ3) is 3.05. The highest BCUT2D eigenvalue weighted by atomic mass is 32.2. The van der Waals surface area contributed by atoms with Crippen molar-refractivity contribution in [3.8, 4) is 0 Å². The highest BCUT2D eigenvalue weighted by Gasteiger charge is 2.40. The highest BCUT2D eigenvalue weighted by Crippen LogP contribution is 2.26. The Morgan fingerprint density at radius 1 is 1.41 bits per heavy atom. The summed E-state index contributed by atoms with van der Waals surface area (Å²) in [6, 6.07) is 1.93. The second kappa shape index (κ2) is 6.42. The second-order valence-electron chi connectivity index (χ2n) is 5.63. The minimum atomic E-state index is -0.168. The van der Waals surface area contributed by atoms with Crippen molar-refractivity contribution in [3.05, 3.63) is 21.9 Å². The summed E-state index contributed by atoms with van der Waals surface area (Å²) in [6.07, 6.45) is 1.95. The summed E-state index contributed by atoms with van der Waals surface area (Å²) in [5.74, 6) is 0.228. The number of imide groups is 1. The van der Waals surface area contributed by atoms with E-state index < -0.39 is 0 Å². The Kier molecular flexibility index (Phi) is 4.54. The standard InChI is InChI=1S/C15H18N2O3S2/c1-10-5-7-21-12(10)2-3-13(18)16-6-4-11(8-16)17-14(19)9-22-15(17)20/h5,7,11H,2-4,6,8-9H2,1H3/t11-/m1/s1. The maximum atomic E-state index is 12.3. The van der Waals surface area contributed by atoms with Crippen molar-refractivity contribution in [2.24, 2.45) is 0 Å². The van der Waals surface area contributed by atoms with E-state index in [0.29, 0.717) is 25.9 Å². The van der Waals surface area contributed by atoms with Gasteiger partial charge in [-0.25, -0.2) is 0 Å². The molecule has 3 rings (SSSR count). The van der Waals surface area contributed by atoms with Gasteiger partial charge in [0.05, 0.1) is 11.8 Å². The molecule has 3 heterocycles. The minimum Gasteiger partial charge on any atom is -0.341 e. The van der Waals surface area contributed by atoms with Crippen molar-refractivity contribution in [1.29, 1.82) is 0 Å². The molecule has 22 heavy (non-hydrogen) atoms. The first kappa shape index (κ1) is 15.6. The fraction of sp³-hybridized carbons (Fsp3) is 0.533. The van der Waals surface area contributed by atoms with E-state index in [1.807, 2.05) is 5.38 Å². The van der Waals surface area contributed by atoms with Crippen LogP contribution in [-0.4, -0.2) is 51.7 Å². The van der Waals surface area contributed by atoms with Crippen LogP contribution in [0.5, 0.6) is 0 Å². The number of hydrogen-bond acceptors (Lipinski definition) is 5. The van der Waals surface area contributed by atoms with E-state index >= 15 is 0 Å². The molecule has 2 aliphatic rings. The molecule has 0 N–H and O–H groups in total. The molecule has 1 aromatic heterocycles. The molecule has 0 unspecified atom stereocenters. The normalized spacial score (nSPS) is 22.0. The van der Waals surface area contributed by atoms with Crippen molar-refractivity contribution < 1.29 is 14.4 Å². The molecule has 1 atom stereocenters. The number of thiophene rings is 1. The minimum absolute atomic E-state index is 0.113. The van der Waals surface area contributed by atoms with Gasteiger partial charge in [-0.1, -0.05) is 11.8 Å². The predicted molar refractivity (Wildman–Crippen MR) is 87.1 cm³/mol. The van der Waals surface area contributed by atoms with Crippen LogP contribution in [0.25, 0.3) is 0 Å². The molecule has 3 amide bonds. The molecule has 2 fully saturated rings. The molecular weight excluding hydrogens is 320 g/mol. The Morgan fingerprint density at radius 2 is 2.23 bits per heavy atom. The predicted octanol–water partition coefficient (Wildman–Crippen LogP) is 2.29. The number of carbonyl (C=O) groups is 3. The molecule has 5 nitrogen and oxygen atoms in total. The van der Waals surface area contributed by atoms with Crippen LogP contribution in [0.15, 0.2) is 11.4 Å². The maximum Gasteiger partial charge on any atom is 0.289 e. The molecule has 0 bridgehead atoms. The van der Waals surface area contributed by atoms with Gasteiger partial charge in [0.2, 0.25) is 11.8 Å². The molecule has 0 radical (unpaired) electrons. The summed E-state index contributed by atoms with van der Waals surface area (Å²) in [4.78, 5) is 40.2. The van der Waals surface area contributed by atoms with Crippen LogP contribution < -0.4 is 0 Å². The summed E-state index contributed by atoms with van der Waals surface area (Å²) >= 11 is 2.74. The average Bonchev–Trinajstić information content (AvgIpc) is 3.18. The summed E-state index contributed by atoms with van der Waals surface area (Å²) in [6.45, 7) is 3.18. The molecule has 2 saturated heterocycles. The number of carbonyl (C=O) groups excluding carboxylic acids is 3. The first-order chi connectivity index (χ1) is 10.6. The lowest BCUT2D eigenvalue weighted by molar-refractivity contribution is -0.131. The lowest BCUT2D eigenvalue weighted by Gasteiger charge is -2.21. The lowest BCUT2D eigenvalue weighted by atomic mass is 10.2. The molecule has 7 heteroatoms. The smallest absolute Gasteiger partial charge is 0.289 e. The summed E-state index contributed by atoms with van der Waals surface area (Å²) in [7, 11) is 0. The van der Waals surface area contributed by atoms with Crippen LogP contribution in [0.2, 0.25) is 0 Å². The molecule has 1 aromatic rings. The Hall–Kier alpha value is -1.34. The third-order valence-electron chi connectivity index (χ3n) is 4.20. The third-order valence-corrected chi connectivity index (χ3v) is 6.12. The SMILES string of the molecule is Cc1ccsc1CCC(=O)N1CC[C@@H](N2C(=O)CSC2=O)C1. The zero-order chi connectivity index (χ0) is 15.7. The van der Waals surface area contributed by atoms with Crippen molar-refractivity contribution >= 4 is 40.2 Å². The number of rotatable bonds is 4. The van der Waals surface area contributed by atoms with E-state index in [2.05, 4.69) is 13.0 Å². The Morgan fingerprint density at radius 3 is 2.86 bits per heavy atom. The van der Waals surface area contributed by atoms with Gasteiger partial charge in [0.15, 0.2) is 0 Å². The average molecular weight is 338 g/mol. The van der Waals surface area contributed by atoms with Gasteiger partial charge in [0, 0.05) is 24.4 Å². The largest absolute Gasteiger partial charge is 0.341 e. The van der Waals surface area contributed by atoms with Crippen molar-refractivity contribution in [2.45, 2.75) is 32.2 Å². The second-order valence-corrected chi connectivity index (χ2v) is 7.55. The summed E-state index contributed by atoms with van der Waals surface area (Å²) < 4.78 is 0. The number of aryl methyl sites for hydroxylation is 2. The Bertz CT molecular complexity index is 598. The van der Waals surface area contributed by atoms with E-state index in [-0.39, 0.29) is 28.8 Å². The Labute approximate surface area is 137 Å². The van der Waals surface area contributed by atoms with E-state index in [1.165, 1.54) is 15.3 Å². The monoisotopic (exact) mass is 338 g/mol. The van der Waals surface area contributed by atoms with Crippen LogP contribution >= 0.6 is 23.1 Å². The van der Waals surface area contributed by atoms with Gasteiger partial charge in [0.1, 0.15) is 0 Å². The van der Waals surface area contributed by atoms with E-state index in [1.54, 1.807) is 16.2 Å². The summed E-state index contributed by atoms with van der Waals surface area (Å²) in [5, 5.41) is 1.88. The maximum absolute atomic E-state index is 12.3. The fourth-order valence-corrected chi connectivity index (χ4v) is 4.62. The molecule has 0 aromatic carbocycles. The number of thioether (sulfide) groups is 1. The molecule has 0 spiro atoms. The fourth-order valence-electron chi connectivity index (χ4n) is 2.93. The van der Waals surface area contributed by atoms with Gasteiger partial charge in [-0.15, -0.1) is 11.3 Å². The topological polar surface area (TPSA) is 57.7 Å². The van der Waals surface area contributed by atoms with Crippen LogP contribution in [0, 0.1) is 6.92 Å². The first-order valence-corrected chi connectivity index (χ1v) is 9.22. The van der Waals surface area contributed by atoms with Gasteiger partial charge in [-0.05, 0) is 36.8 Å². The molecule has 0 saturated carbocycles. The lowest BCUT2D eigenvalue weighted by Crippen LogP contribution is -2.41. The van der Waals surface area contributed by atoms with Gasteiger partial charge in [0.25, 0.3) is 5.24 Å². The zero-order valence-corrected chi connectivity index (χ0v) is 14.0. The number of amides is 3.